The summed E-state index contributed by atoms with van der Waals surface area (Å²) in [5.74, 6) is -1.76. The minimum absolute atomic E-state index is 0.0235. The number of hydrogen-bond donors (Lipinski definition) is 2. The van der Waals surface area contributed by atoms with Crippen LogP contribution in [0.4, 0.5) is 10.5 Å². The number of methoxy groups -OCH3 is 1. The molecule has 6 amide bonds. The van der Waals surface area contributed by atoms with E-state index in [4.69, 9.17) is 4.74 Å². The van der Waals surface area contributed by atoms with Crippen molar-refractivity contribution >= 4 is 35.3 Å². The maximum atomic E-state index is 13.4. The third-order valence-corrected chi connectivity index (χ3v) is 6.15. The molecule has 0 saturated carbocycles. The fourth-order valence-electron chi connectivity index (χ4n) is 4.19. The monoisotopic (exact) mass is 464 g/mol. The molecule has 1 atom stereocenters. The number of imide groups is 2. The van der Waals surface area contributed by atoms with Crippen molar-refractivity contribution in [3.8, 4) is 5.75 Å². The molecule has 0 unspecified atom stereocenters. The predicted octanol–water partition coefficient (Wildman–Crippen LogP) is 2.15. The van der Waals surface area contributed by atoms with E-state index in [-0.39, 0.29) is 30.5 Å². The first-order valence-electron chi connectivity index (χ1n) is 10.7. The number of benzene rings is 2. The number of carbonyl (C=O) groups excluding carboxylic acids is 5. The number of urea groups is 1. The van der Waals surface area contributed by atoms with E-state index in [1.165, 1.54) is 25.0 Å². The van der Waals surface area contributed by atoms with E-state index in [1.807, 2.05) is 0 Å². The number of fused-ring (bicyclic) bond motifs is 1. The van der Waals surface area contributed by atoms with Crippen LogP contribution in [0.3, 0.4) is 0 Å². The minimum atomic E-state index is -1.48. The molecule has 1 fully saturated rings. The second-order valence-electron chi connectivity index (χ2n) is 8.45. The Morgan fingerprint density at radius 3 is 2.59 bits per heavy atom. The molecule has 0 aromatic heterocycles. The molecule has 2 aliphatic rings. The molecule has 0 spiro atoms. The smallest absolute Gasteiger partial charge is 0.321 e. The number of piperidine rings is 1. The van der Waals surface area contributed by atoms with Gasteiger partial charge in [0.05, 0.1) is 18.2 Å². The van der Waals surface area contributed by atoms with Crippen molar-refractivity contribution in [2.75, 3.05) is 19.5 Å². The summed E-state index contributed by atoms with van der Waals surface area (Å²) < 4.78 is 5.16. The summed E-state index contributed by atoms with van der Waals surface area (Å²) in [6, 6.07) is 11.3. The molecule has 4 rings (SSSR count). The Morgan fingerprint density at radius 2 is 1.88 bits per heavy atom. The third-order valence-electron chi connectivity index (χ3n) is 6.15. The van der Waals surface area contributed by atoms with E-state index < -0.39 is 35.2 Å². The van der Waals surface area contributed by atoms with Crippen molar-refractivity contribution in [1.82, 2.24) is 15.1 Å². The van der Waals surface area contributed by atoms with Gasteiger partial charge in [0.25, 0.3) is 17.7 Å². The highest BCUT2D eigenvalue weighted by atomic mass is 16.5. The van der Waals surface area contributed by atoms with Crippen LogP contribution in [-0.2, 0) is 16.1 Å². The Hall–Kier alpha value is -4.21. The van der Waals surface area contributed by atoms with Gasteiger partial charge in [-0.15, -0.1) is 0 Å². The minimum Gasteiger partial charge on any atom is -0.497 e. The number of carbonyl (C=O) groups is 5. The first-order valence-corrected chi connectivity index (χ1v) is 10.7. The summed E-state index contributed by atoms with van der Waals surface area (Å²) >= 11 is 0. The Kier molecular flexibility index (Phi) is 5.82. The highest BCUT2D eigenvalue weighted by Gasteiger charge is 2.53. The van der Waals surface area contributed by atoms with Gasteiger partial charge < -0.3 is 15.0 Å². The lowest BCUT2D eigenvalue weighted by Crippen LogP contribution is -2.62. The summed E-state index contributed by atoms with van der Waals surface area (Å²) in [6.07, 6.45) is 0.0665. The normalized spacial score (nSPS) is 19.6. The lowest BCUT2D eigenvalue weighted by atomic mass is 9.89. The molecule has 2 aliphatic heterocycles. The molecule has 2 heterocycles. The quantitative estimate of drug-likeness (QED) is 0.654. The Morgan fingerprint density at radius 1 is 1.15 bits per heavy atom. The van der Waals surface area contributed by atoms with Crippen molar-refractivity contribution in [2.24, 2.45) is 0 Å². The summed E-state index contributed by atoms with van der Waals surface area (Å²) in [5, 5.41) is 4.97. The maximum Gasteiger partial charge on any atom is 0.321 e. The molecule has 0 bridgehead atoms. The van der Waals surface area contributed by atoms with Gasteiger partial charge in [-0.2, -0.15) is 0 Å². The van der Waals surface area contributed by atoms with Crippen molar-refractivity contribution in [1.29, 1.82) is 0 Å². The number of anilines is 1. The number of nitrogens with one attached hydrogen (secondary N) is 2. The van der Waals surface area contributed by atoms with Gasteiger partial charge in [-0.25, -0.2) is 4.79 Å². The van der Waals surface area contributed by atoms with Crippen LogP contribution in [0.2, 0.25) is 0 Å². The number of rotatable bonds is 5. The third kappa shape index (κ3) is 3.87. The lowest BCUT2D eigenvalue weighted by Gasteiger charge is -2.38. The van der Waals surface area contributed by atoms with Crippen molar-refractivity contribution in [3.63, 3.8) is 0 Å². The van der Waals surface area contributed by atoms with Crippen LogP contribution in [0.5, 0.6) is 5.75 Å². The van der Waals surface area contributed by atoms with Crippen molar-refractivity contribution < 1.29 is 28.7 Å². The van der Waals surface area contributed by atoms with Gasteiger partial charge in [0.15, 0.2) is 0 Å². The van der Waals surface area contributed by atoms with E-state index >= 15 is 0 Å². The molecule has 0 radical (unpaired) electrons. The number of ether oxygens (including phenoxy) is 1. The average molecular weight is 464 g/mol. The van der Waals surface area contributed by atoms with Gasteiger partial charge in [0.1, 0.15) is 11.3 Å². The van der Waals surface area contributed by atoms with Crippen LogP contribution in [0.1, 0.15) is 46.0 Å². The molecule has 2 N–H and O–H groups in total. The molecule has 10 heteroatoms. The Balaban J connectivity index is 1.56. The average Bonchev–Trinajstić information content (AvgIpc) is 3.08. The zero-order chi connectivity index (χ0) is 24.6. The fourth-order valence-corrected chi connectivity index (χ4v) is 4.19. The molecule has 176 valence electrons. The molecule has 2 aromatic carbocycles. The van der Waals surface area contributed by atoms with Crippen molar-refractivity contribution in [3.05, 3.63) is 59.2 Å². The number of amides is 6. The van der Waals surface area contributed by atoms with Crippen molar-refractivity contribution in [2.45, 2.75) is 31.8 Å². The SMILES string of the molecule is COc1cccc(NC(=O)N(C)Cc2cccc3c2C(=O)N([C@@]2(C)CCC(=O)NC2=O)C3=O)c1. The molecule has 1 saturated heterocycles. The predicted molar refractivity (Wildman–Crippen MR) is 121 cm³/mol. The van der Waals surface area contributed by atoms with E-state index in [0.29, 0.717) is 17.0 Å². The second-order valence-corrected chi connectivity index (χ2v) is 8.45. The van der Waals surface area contributed by atoms with Gasteiger partial charge in [-0.1, -0.05) is 18.2 Å². The molecule has 34 heavy (non-hydrogen) atoms. The lowest BCUT2D eigenvalue weighted by molar-refractivity contribution is -0.140. The van der Waals surface area contributed by atoms with Gasteiger partial charge in [0.2, 0.25) is 5.91 Å². The van der Waals surface area contributed by atoms with Crippen LogP contribution in [0.25, 0.3) is 0 Å². The summed E-state index contributed by atoms with van der Waals surface area (Å²) in [5.41, 5.74) is -0.154. The van der Waals surface area contributed by atoms with E-state index in [0.717, 1.165) is 4.90 Å². The zero-order valence-electron chi connectivity index (χ0n) is 19.0. The largest absolute Gasteiger partial charge is 0.497 e. The molecule has 0 aliphatic carbocycles. The topological polar surface area (TPSA) is 125 Å². The van der Waals surface area contributed by atoms with E-state index in [1.54, 1.807) is 43.4 Å². The maximum absolute atomic E-state index is 13.4. The standard InChI is InChI=1S/C24H24N4O6/c1-24(11-10-18(29)26-22(24)32)28-20(30)17-9-4-6-14(19(17)21(28)31)13-27(2)23(33)25-15-7-5-8-16(12-15)34-3/h4-9,12H,10-11,13H2,1-3H3,(H,25,33)(H,26,29,32)/t24-/m0/s1. The second kappa shape index (κ2) is 8.62. The Bertz CT molecular complexity index is 1230. The molecular formula is C24H24N4O6. The van der Waals surface area contributed by atoms with Crippen LogP contribution < -0.4 is 15.4 Å². The summed E-state index contributed by atoms with van der Waals surface area (Å²) in [4.78, 5) is 65.7. The number of nitrogens with zero attached hydrogens (tertiary/aromatic N) is 2. The van der Waals surface area contributed by atoms with Crippen LogP contribution in [-0.4, -0.2) is 59.2 Å². The molecular weight excluding hydrogens is 440 g/mol. The molecule has 10 nitrogen and oxygen atoms in total. The van der Waals surface area contributed by atoms with E-state index in [2.05, 4.69) is 10.6 Å². The summed E-state index contributed by atoms with van der Waals surface area (Å²) in [7, 11) is 3.09. The highest BCUT2D eigenvalue weighted by molar-refractivity contribution is 6.24. The first kappa shape index (κ1) is 23.0. The van der Waals surface area contributed by atoms with Crippen LogP contribution in [0.15, 0.2) is 42.5 Å². The van der Waals surface area contributed by atoms with Gasteiger partial charge >= 0.3 is 6.03 Å². The van der Waals surface area contributed by atoms with Crippen LogP contribution >= 0.6 is 0 Å². The van der Waals surface area contributed by atoms with Gasteiger partial charge in [-0.3, -0.25) is 29.4 Å². The zero-order valence-corrected chi connectivity index (χ0v) is 19.0. The van der Waals surface area contributed by atoms with E-state index in [9.17, 15) is 24.0 Å². The fraction of sp³-hybridized carbons (Fsp3) is 0.292. The number of hydrogen-bond acceptors (Lipinski definition) is 6. The summed E-state index contributed by atoms with van der Waals surface area (Å²) in [6.45, 7) is 1.52. The first-order chi connectivity index (χ1) is 16.2. The van der Waals surface area contributed by atoms with Gasteiger partial charge in [0, 0.05) is 31.8 Å². The Labute approximate surface area is 195 Å². The van der Waals surface area contributed by atoms with Gasteiger partial charge in [-0.05, 0) is 37.1 Å². The molecule has 2 aromatic rings. The van der Waals surface area contributed by atoms with Crippen LogP contribution in [0, 0.1) is 0 Å². The highest BCUT2D eigenvalue weighted by Crippen LogP contribution is 2.35.